The fourth-order valence-corrected chi connectivity index (χ4v) is 2.55. The van der Waals surface area contributed by atoms with Crippen LogP contribution >= 0.6 is 0 Å². The number of nitrogens with one attached hydrogen (secondary N) is 1. The molecule has 0 saturated heterocycles. The minimum Gasteiger partial charge on any atom is -0.481 e. The molecular weight excluding hydrogens is 273 g/mol. The lowest BCUT2D eigenvalue weighted by Gasteiger charge is -2.17. The number of nitrogens with zero attached hydrogens (tertiary/aromatic N) is 1. The second kappa shape index (κ2) is 5.68. The monoisotopic (exact) mass is 288 g/mol. The SMILES string of the molecule is O=C(O)C1CCCC1CNc1cc(C(F)(F)F)ccn1. The minimum absolute atomic E-state index is 0.0659. The van der Waals surface area contributed by atoms with E-state index >= 15 is 0 Å². The molecule has 0 radical (unpaired) electrons. The van der Waals surface area contributed by atoms with Gasteiger partial charge in [-0.1, -0.05) is 6.42 Å². The Kier molecular flexibility index (Phi) is 4.15. The second-order valence-electron chi connectivity index (χ2n) is 4.94. The first-order valence-electron chi connectivity index (χ1n) is 6.38. The molecule has 1 aromatic heterocycles. The molecular formula is C13H15F3N2O2. The third-order valence-electron chi connectivity index (χ3n) is 3.61. The van der Waals surface area contributed by atoms with Gasteiger partial charge in [-0.2, -0.15) is 13.2 Å². The minimum atomic E-state index is -4.41. The van der Waals surface area contributed by atoms with Crippen LogP contribution in [0.3, 0.4) is 0 Å². The van der Waals surface area contributed by atoms with Gasteiger partial charge < -0.3 is 10.4 Å². The predicted molar refractivity (Wildman–Crippen MR) is 66.2 cm³/mol. The topological polar surface area (TPSA) is 62.2 Å². The molecule has 1 aromatic rings. The summed E-state index contributed by atoms with van der Waals surface area (Å²) in [6.45, 7) is 0.325. The molecule has 20 heavy (non-hydrogen) atoms. The first-order chi connectivity index (χ1) is 9.38. The normalized spacial score (nSPS) is 22.8. The van der Waals surface area contributed by atoms with Crippen LogP contribution in [0.25, 0.3) is 0 Å². The average molecular weight is 288 g/mol. The van der Waals surface area contributed by atoms with E-state index in [4.69, 9.17) is 5.11 Å². The second-order valence-corrected chi connectivity index (χ2v) is 4.94. The van der Waals surface area contributed by atoms with Gasteiger partial charge in [0.05, 0.1) is 11.5 Å². The Morgan fingerprint density at radius 1 is 1.45 bits per heavy atom. The first kappa shape index (κ1) is 14.6. The lowest BCUT2D eigenvalue weighted by atomic mass is 9.96. The summed E-state index contributed by atoms with van der Waals surface area (Å²) in [7, 11) is 0. The number of hydrogen-bond acceptors (Lipinski definition) is 3. The van der Waals surface area contributed by atoms with Gasteiger partial charge in [0.25, 0.3) is 0 Å². The third kappa shape index (κ3) is 3.40. The molecule has 1 aliphatic rings. The molecule has 0 spiro atoms. The summed E-state index contributed by atoms with van der Waals surface area (Å²) in [5.74, 6) is -1.21. The fraction of sp³-hybridized carbons (Fsp3) is 0.538. The Balaban J connectivity index is 1.99. The van der Waals surface area contributed by atoms with Crippen molar-refractivity contribution < 1.29 is 23.1 Å². The van der Waals surface area contributed by atoms with E-state index in [9.17, 15) is 18.0 Å². The van der Waals surface area contributed by atoms with Crippen LogP contribution < -0.4 is 5.32 Å². The van der Waals surface area contributed by atoms with Crippen molar-refractivity contribution in [3.05, 3.63) is 23.9 Å². The summed E-state index contributed by atoms with van der Waals surface area (Å²) in [6, 6.07) is 1.84. The number of aliphatic carboxylic acids is 1. The zero-order chi connectivity index (χ0) is 14.8. The van der Waals surface area contributed by atoms with Gasteiger partial charge >= 0.3 is 12.1 Å². The smallest absolute Gasteiger partial charge is 0.416 e. The highest BCUT2D eigenvalue weighted by molar-refractivity contribution is 5.70. The van der Waals surface area contributed by atoms with Gasteiger partial charge in [0.1, 0.15) is 5.82 Å². The third-order valence-corrected chi connectivity index (χ3v) is 3.61. The van der Waals surface area contributed by atoms with Gasteiger partial charge in [-0.25, -0.2) is 4.98 Å². The quantitative estimate of drug-likeness (QED) is 0.894. The fourth-order valence-electron chi connectivity index (χ4n) is 2.55. The van der Waals surface area contributed by atoms with Gasteiger partial charge in [0.15, 0.2) is 0 Å². The highest BCUT2D eigenvalue weighted by Crippen LogP contribution is 2.33. The van der Waals surface area contributed by atoms with Crippen molar-refractivity contribution in [1.82, 2.24) is 4.98 Å². The number of alkyl halides is 3. The number of anilines is 1. The predicted octanol–water partition coefficient (Wildman–Crippen LogP) is 3.01. The lowest BCUT2D eigenvalue weighted by Crippen LogP contribution is -2.24. The zero-order valence-corrected chi connectivity index (χ0v) is 10.7. The van der Waals surface area contributed by atoms with Crippen LogP contribution in [-0.2, 0) is 11.0 Å². The van der Waals surface area contributed by atoms with Crippen LogP contribution in [-0.4, -0.2) is 22.6 Å². The molecule has 0 bridgehead atoms. The number of carboxylic acid groups (broad SMARTS) is 1. The number of aromatic nitrogens is 1. The molecule has 1 aliphatic carbocycles. The maximum atomic E-state index is 12.5. The van der Waals surface area contributed by atoms with Gasteiger partial charge in [0.2, 0.25) is 0 Å². The molecule has 2 N–H and O–H groups in total. The summed E-state index contributed by atoms with van der Waals surface area (Å²) in [5.41, 5.74) is -0.767. The summed E-state index contributed by atoms with van der Waals surface area (Å²) in [5, 5.41) is 11.8. The van der Waals surface area contributed by atoms with Gasteiger partial charge in [-0.05, 0) is 30.9 Å². The molecule has 1 fully saturated rings. The van der Waals surface area contributed by atoms with Crippen LogP contribution in [0.4, 0.5) is 19.0 Å². The van der Waals surface area contributed by atoms with Crippen molar-refractivity contribution in [3.8, 4) is 0 Å². The number of carbonyl (C=O) groups is 1. The highest BCUT2D eigenvalue weighted by Gasteiger charge is 2.33. The number of carboxylic acids is 1. The van der Waals surface area contributed by atoms with Crippen molar-refractivity contribution in [3.63, 3.8) is 0 Å². The highest BCUT2D eigenvalue weighted by atomic mass is 19.4. The van der Waals surface area contributed by atoms with E-state index in [1.54, 1.807) is 0 Å². The molecule has 0 aromatic carbocycles. The molecule has 0 amide bonds. The van der Waals surface area contributed by atoms with Crippen molar-refractivity contribution in [2.24, 2.45) is 11.8 Å². The Hall–Kier alpha value is -1.79. The van der Waals surface area contributed by atoms with Crippen LogP contribution in [0.5, 0.6) is 0 Å². The number of pyridine rings is 1. The maximum absolute atomic E-state index is 12.5. The summed E-state index contributed by atoms with van der Waals surface area (Å²) in [4.78, 5) is 14.8. The number of hydrogen-bond donors (Lipinski definition) is 2. The zero-order valence-electron chi connectivity index (χ0n) is 10.7. The molecule has 2 atom stereocenters. The van der Waals surface area contributed by atoms with Gasteiger partial charge in [-0.3, -0.25) is 4.79 Å². The van der Waals surface area contributed by atoms with Crippen LogP contribution in [0.2, 0.25) is 0 Å². The van der Waals surface area contributed by atoms with E-state index in [1.807, 2.05) is 0 Å². The van der Waals surface area contributed by atoms with Gasteiger partial charge in [-0.15, -0.1) is 0 Å². The molecule has 1 saturated carbocycles. The Morgan fingerprint density at radius 2 is 2.20 bits per heavy atom. The molecule has 2 unspecified atom stereocenters. The van der Waals surface area contributed by atoms with E-state index in [2.05, 4.69) is 10.3 Å². The van der Waals surface area contributed by atoms with E-state index in [0.717, 1.165) is 31.2 Å². The lowest BCUT2D eigenvalue weighted by molar-refractivity contribution is -0.142. The van der Waals surface area contributed by atoms with Crippen molar-refractivity contribution in [2.45, 2.75) is 25.4 Å². The molecule has 2 rings (SSSR count). The summed E-state index contributed by atoms with van der Waals surface area (Å²) >= 11 is 0. The summed E-state index contributed by atoms with van der Waals surface area (Å²) < 4.78 is 37.6. The van der Waals surface area contributed by atoms with Crippen LogP contribution in [0.15, 0.2) is 18.3 Å². The molecule has 7 heteroatoms. The maximum Gasteiger partial charge on any atom is 0.416 e. The van der Waals surface area contributed by atoms with E-state index in [0.29, 0.717) is 13.0 Å². The number of halogens is 3. The molecule has 1 heterocycles. The number of rotatable bonds is 4. The average Bonchev–Trinajstić information content (AvgIpc) is 2.84. The Bertz CT molecular complexity index is 491. The molecule has 0 aliphatic heterocycles. The first-order valence-corrected chi connectivity index (χ1v) is 6.38. The van der Waals surface area contributed by atoms with E-state index in [-0.39, 0.29) is 11.7 Å². The standard InChI is InChI=1S/C13H15F3N2O2/c14-13(15,16)9-4-5-17-11(6-9)18-7-8-2-1-3-10(8)12(19)20/h4-6,8,10H,1-3,7H2,(H,17,18)(H,19,20). The van der Waals surface area contributed by atoms with Crippen LogP contribution in [0, 0.1) is 11.8 Å². The molecule has 4 nitrogen and oxygen atoms in total. The van der Waals surface area contributed by atoms with Crippen molar-refractivity contribution in [2.75, 3.05) is 11.9 Å². The Labute approximate surface area is 114 Å². The Morgan fingerprint density at radius 3 is 2.85 bits per heavy atom. The van der Waals surface area contributed by atoms with E-state index in [1.165, 1.54) is 0 Å². The van der Waals surface area contributed by atoms with Crippen molar-refractivity contribution >= 4 is 11.8 Å². The van der Waals surface area contributed by atoms with Gasteiger partial charge in [0, 0.05) is 12.7 Å². The largest absolute Gasteiger partial charge is 0.481 e. The molecule has 110 valence electrons. The van der Waals surface area contributed by atoms with Crippen molar-refractivity contribution in [1.29, 1.82) is 0 Å². The van der Waals surface area contributed by atoms with E-state index < -0.39 is 23.6 Å². The van der Waals surface area contributed by atoms with Crippen LogP contribution in [0.1, 0.15) is 24.8 Å². The summed E-state index contributed by atoms with van der Waals surface area (Å²) in [6.07, 6.45) is -1.09.